The van der Waals surface area contributed by atoms with E-state index < -0.39 is 11.2 Å². The molecule has 3 aliphatic rings. The number of carbonyl (C=O) groups excluding carboxylic acids is 1. The summed E-state index contributed by atoms with van der Waals surface area (Å²) in [6.45, 7) is 4.13. The number of amides is 2. The zero-order chi connectivity index (χ0) is 25.3. The SMILES string of the molecule is C[S+]([O-])c1cccc([C@]23CC[C@@H](N(CCCN4CCCC4)C(=O)Nc4ccc(Cl)c(Cl)c4)CC2C3)c1. The molecule has 3 fully saturated rings. The number of nitrogens with one attached hydrogen (secondary N) is 1. The van der Waals surface area contributed by atoms with Gasteiger partial charge in [-0.2, -0.15) is 0 Å². The minimum atomic E-state index is -0.975. The molecule has 0 radical (unpaired) electrons. The summed E-state index contributed by atoms with van der Waals surface area (Å²) in [6.07, 6.45) is 9.48. The lowest BCUT2D eigenvalue weighted by Gasteiger charge is -2.37. The van der Waals surface area contributed by atoms with Crippen LogP contribution < -0.4 is 5.32 Å². The van der Waals surface area contributed by atoms with Gasteiger partial charge in [-0.05, 0) is 123 Å². The number of hydrogen-bond donors (Lipinski definition) is 1. The maximum atomic E-state index is 13.5. The number of carbonyl (C=O) groups is 1. The molecule has 2 aromatic rings. The summed E-state index contributed by atoms with van der Waals surface area (Å²) >= 11 is 11.3. The number of likely N-dealkylation sites (tertiary alicyclic amines) is 1. The van der Waals surface area contributed by atoms with Crippen molar-refractivity contribution in [2.24, 2.45) is 5.92 Å². The monoisotopic (exact) mass is 547 g/mol. The third-order valence-corrected chi connectivity index (χ3v) is 10.1. The number of fused-ring (bicyclic) bond motifs is 1. The molecule has 5 rings (SSSR count). The van der Waals surface area contributed by atoms with E-state index in [0.717, 1.165) is 50.1 Å². The zero-order valence-electron chi connectivity index (χ0n) is 20.8. The van der Waals surface area contributed by atoms with Gasteiger partial charge in [-0.25, -0.2) is 4.79 Å². The highest BCUT2D eigenvalue weighted by Gasteiger charge is 2.58. The molecule has 2 saturated carbocycles. The van der Waals surface area contributed by atoms with Crippen molar-refractivity contribution < 1.29 is 9.35 Å². The molecule has 0 aromatic heterocycles. The molecule has 2 aromatic carbocycles. The van der Waals surface area contributed by atoms with Gasteiger partial charge in [0.1, 0.15) is 6.26 Å². The highest BCUT2D eigenvalue weighted by molar-refractivity contribution is 7.90. The quantitative estimate of drug-likeness (QED) is 0.380. The van der Waals surface area contributed by atoms with Crippen molar-refractivity contribution >= 4 is 46.1 Å². The van der Waals surface area contributed by atoms with Crippen molar-refractivity contribution in [1.29, 1.82) is 0 Å². The van der Waals surface area contributed by atoms with Gasteiger partial charge in [0.25, 0.3) is 0 Å². The third-order valence-electron chi connectivity index (χ3n) is 8.40. The minimum absolute atomic E-state index is 0.0589. The van der Waals surface area contributed by atoms with Gasteiger partial charge < -0.3 is 19.7 Å². The van der Waals surface area contributed by atoms with Gasteiger partial charge in [0.2, 0.25) is 0 Å². The van der Waals surface area contributed by atoms with E-state index in [4.69, 9.17) is 23.2 Å². The number of rotatable bonds is 8. The normalized spacial score (nSPS) is 26.3. The van der Waals surface area contributed by atoms with Crippen molar-refractivity contribution in [3.05, 3.63) is 58.1 Å². The molecule has 194 valence electrons. The van der Waals surface area contributed by atoms with Gasteiger partial charge in [-0.1, -0.05) is 35.3 Å². The van der Waals surface area contributed by atoms with Crippen LogP contribution in [-0.2, 0) is 16.6 Å². The Morgan fingerprint density at radius 2 is 2.00 bits per heavy atom. The molecule has 1 N–H and O–H groups in total. The second-order valence-corrected chi connectivity index (χ2v) is 12.8. The topological polar surface area (TPSA) is 58.6 Å². The summed E-state index contributed by atoms with van der Waals surface area (Å²) in [5.74, 6) is 0.565. The fourth-order valence-corrected chi connectivity index (χ4v) is 7.18. The van der Waals surface area contributed by atoms with Crippen molar-refractivity contribution in [3.8, 4) is 0 Å². The standard InChI is InChI=1S/C28H35Cl2N3O2S/c1-36(35)24-7-4-6-20(17-24)28-11-10-23(16-21(28)19-28)33(15-5-14-32-12-2-3-13-32)27(34)31-22-8-9-25(29)26(30)18-22/h4,6-9,17-18,21,23H,2-3,5,10-16,19H2,1H3,(H,31,34)/t21?,23-,28-,36?/m1/s1. The Hall–Kier alpha value is -1.44. The van der Waals surface area contributed by atoms with Crippen molar-refractivity contribution in [3.63, 3.8) is 0 Å². The lowest BCUT2D eigenvalue weighted by molar-refractivity contribution is 0.156. The highest BCUT2D eigenvalue weighted by Crippen LogP contribution is 2.63. The Kier molecular flexibility index (Phi) is 8.09. The lowest BCUT2D eigenvalue weighted by atomic mass is 9.80. The van der Waals surface area contributed by atoms with E-state index in [1.54, 1.807) is 24.5 Å². The molecule has 36 heavy (non-hydrogen) atoms. The molecule has 2 aliphatic carbocycles. The largest absolute Gasteiger partial charge is 0.612 e. The molecular weight excluding hydrogens is 513 g/mol. The van der Waals surface area contributed by atoms with Gasteiger partial charge in [0, 0.05) is 18.3 Å². The Morgan fingerprint density at radius 3 is 2.72 bits per heavy atom. The molecule has 4 atom stereocenters. The average molecular weight is 549 g/mol. The number of urea groups is 1. The number of hydrogen-bond acceptors (Lipinski definition) is 3. The fourth-order valence-electron chi connectivity index (χ4n) is 6.32. The molecule has 0 bridgehead atoms. The predicted molar refractivity (Wildman–Crippen MR) is 149 cm³/mol. The fraction of sp³-hybridized carbons (Fsp3) is 0.536. The Labute approximate surface area is 227 Å². The number of anilines is 1. The molecule has 5 nitrogen and oxygen atoms in total. The van der Waals surface area contributed by atoms with Crippen LogP contribution in [0.15, 0.2) is 47.4 Å². The minimum Gasteiger partial charge on any atom is -0.612 e. The first-order valence-corrected chi connectivity index (χ1v) is 15.4. The van der Waals surface area contributed by atoms with Crippen molar-refractivity contribution in [1.82, 2.24) is 9.80 Å². The summed E-state index contributed by atoms with van der Waals surface area (Å²) in [6, 6.07) is 13.7. The van der Waals surface area contributed by atoms with Gasteiger partial charge in [-0.15, -0.1) is 0 Å². The Balaban J connectivity index is 1.27. The Morgan fingerprint density at radius 1 is 1.19 bits per heavy atom. The number of benzene rings is 2. The van der Waals surface area contributed by atoms with Crippen LogP contribution in [-0.4, -0.2) is 58.9 Å². The van der Waals surface area contributed by atoms with E-state index in [1.165, 1.54) is 31.5 Å². The first-order valence-electron chi connectivity index (χ1n) is 13.0. The second-order valence-electron chi connectivity index (χ2n) is 10.6. The average Bonchev–Trinajstić information content (AvgIpc) is 3.38. The summed E-state index contributed by atoms with van der Waals surface area (Å²) in [5.41, 5.74) is 2.17. The summed E-state index contributed by atoms with van der Waals surface area (Å²) in [5, 5.41) is 3.98. The molecule has 2 unspecified atom stereocenters. The smallest absolute Gasteiger partial charge is 0.322 e. The van der Waals surface area contributed by atoms with E-state index in [9.17, 15) is 9.35 Å². The van der Waals surface area contributed by atoms with E-state index in [1.807, 2.05) is 12.1 Å². The van der Waals surface area contributed by atoms with Crippen LogP contribution in [0.25, 0.3) is 0 Å². The van der Waals surface area contributed by atoms with Gasteiger partial charge in [0.05, 0.1) is 10.0 Å². The molecular formula is C28H35Cl2N3O2S. The van der Waals surface area contributed by atoms with Crippen LogP contribution >= 0.6 is 23.2 Å². The maximum absolute atomic E-state index is 13.5. The highest BCUT2D eigenvalue weighted by atomic mass is 35.5. The molecule has 0 spiro atoms. The summed E-state index contributed by atoms with van der Waals surface area (Å²) < 4.78 is 12.0. The molecule has 2 amide bonds. The van der Waals surface area contributed by atoms with E-state index in [-0.39, 0.29) is 17.5 Å². The number of halogens is 2. The summed E-state index contributed by atoms with van der Waals surface area (Å²) in [7, 11) is 0. The third kappa shape index (κ3) is 5.68. The first-order chi connectivity index (χ1) is 17.4. The summed E-state index contributed by atoms with van der Waals surface area (Å²) in [4.78, 5) is 19.0. The Bertz CT molecular complexity index is 1090. The first kappa shape index (κ1) is 26.2. The van der Waals surface area contributed by atoms with Gasteiger partial charge in [-0.3, -0.25) is 0 Å². The van der Waals surface area contributed by atoms with Crippen LogP contribution in [0.1, 0.15) is 50.5 Å². The number of nitrogens with zero attached hydrogens (tertiary/aromatic N) is 2. The van der Waals surface area contributed by atoms with Crippen LogP contribution in [0.2, 0.25) is 10.0 Å². The van der Waals surface area contributed by atoms with Crippen LogP contribution in [0.4, 0.5) is 10.5 Å². The van der Waals surface area contributed by atoms with Crippen molar-refractivity contribution in [2.75, 3.05) is 37.8 Å². The molecule has 1 saturated heterocycles. The van der Waals surface area contributed by atoms with Crippen LogP contribution in [0.5, 0.6) is 0 Å². The van der Waals surface area contributed by atoms with E-state index in [0.29, 0.717) is 21.7 Å². The predicted octanol–water partition coefficient (Wildman–Crippen LogP) is 6.56. The van der Waals surface area contributed by atoms with Crippen LogP contribution in [0.3, 0.4) is 0 Å². The zero-order valence-corrected chi connectivity index (χ0v) is 23.2. The molecule has 1 heterocycles. The second kappa shape index (κ2) is 11.1. The maximum Gasteiger partial charge on any atom is 0.322 e. The van der Waals surface area contributed by atoms with Crippen molar-refractivity contribution in [2.45, 2.75) is 61.3 Å². The van der Waals surface area contributed by atoms with Crippen LogP contribution in [0, 0.1) is 5.92 Å². The van der Waals surface area contributed by atoms with Gasteiger partial charge >= 0.3 is 6.03 Å². The molecule has 1 aliphatic heterocycles. The van der Waals surface area contributed by atoms with E-state index in [2.05, 4.69) is 27.2 Å². The van der Waals surface area contributed by atoms with Gasteiger partial charge in [0.15, 0.2) is 4.90 Å². The molecule has 8 heteroatoms. The lowest BCUT2D eigenvalue weighted by Crippen LogP contribution is -2.46. The van der Waals surface area contributed by atoms with E-state index >= 15 is 0 Å².